The van der Waals surface area contributed by atoms with E-state index < -0.39 is 15.7 Å². The number of hydrogen-bond donors (Lipinski definition) is 2. The van der Waals surface area contributed by atoms with Gasteiger partial charge in [-0.3, -0.25) is 24.9 Å². The number of allylic oxidation sites excluding steroid dienone is 1. The Morgan fingerprint density at radius 3 is 2.46 bits per heavy atom. The van der Waals surface area contributed by atoms with E-state index in [1.807, 2.05) is 30.3 Å². The average molecular weight is 536 g/mol. The number of nitrogens with one attached hydrogen (secondary N) is 2. The number of amides is 1. The van der Waals surface area contributed by atoms with Gasteiger partial charge in [0.1, 0.15) is 11.2 Å². The van der Waals surface area contributed by atoms with Crippen molar-refractivity contribution in [3.8, 4) is 0 Å². The van der Waals surface area contributed by atoms with E-state index in [0.29, 0.717) is 17.6 Å². The zero-order valence-electron chi connectivity index (χ0n) is 20.5. The first-order chi connectivity index (χ1) is 18.9. The average Bonchev–Trinajstić information content (AvgIpc) is 3.62. The number of pyridine rings is 1. The minimum absolute atomic E-state index is 0.0203. The molecule has 39 heavy (non-hydrogen) atoms. The zero-order chi connectivity index (χ0) is 27.0. The first-order valence-electron chi connectivity index (χ1n) is 12.1. The number of rotatable bonds is 7. The summed E-state index contributed by atoms with van der Waals surface area (Å²) >= 11 is 0. The number of Topliss-reactive ketones (excluding diaryl/α,β-unsaturated/α-hetero) is 1. The van der Waals surface area contributed by atoms with Crippen molar-refractivity contribution in [2.75, 3.05) is 5.32 Å². The van der Waals surface area contributed by atoms with Crippen LogP contribution in [0.1, 0.15) is 33.7 Å². The maximum atomic E-state index is 13.4. The summed E-state index contributed by atoms with van der Waals surface area (Å²) in [5.74, 6) is -0.766. The number of aromatic nitrogens is 3. The van der Waals surface area contributed by atoms with Gasteiger partial charge < -0.3 is 4.98 Å². The number of aliphatic imine (C=N–C) groups is 1. The third-order valence-electron chi connectivity index (χ3n) is 6.40. The molecule has 6 rings (SSSR count). The van der Waals surface area contributed by atoms with Crippen LogP contribution in [0.15, 0.2) is 106 Å². The minimum atomic E-state index is -3.93. The molecule has 0 unspecified atom stereocenters. The molecule has 0 bridgehead atoms. The zero-order valence-corrected chi connectivity index (χ0v) is 21.3. The molecule has 0 saturated heterocycles. The van der Waals surface area contributed by atoms with Gasteiger partial charge in [-0.05, 0) is 35.7 Å². The second-order valence-corrected chi connectivity index (χ2v) is 11.0. The first-order valence-corrected chi connectivity index (χ1v) is 13.6. The van der Waals surface area contributed by atoms with Gasteiger partial charge in [0.05, 0.1) is 15.3 Å². The lowest BCUT2D eigenvalue weighted by Crippen LogP contribution is -2.14. The van der Waals surface area contributed by atoms with Crippen molar-refractivity contribution < 1.29 is 18.0 Å². The van der Waals surface area contributed by atoms with E-state index in [1.54, 1.807) is 36.7 Å². The topological polar surface area (TPSA) is 134 Å². The molecular weight excluding hydrogens is 514 g/mol. The fourth-order valence-electron chi connectivity index (χ4n) is 4.43. The van der Waals surface area contributed by atoms with E-state index in [1.165, 1.54) is 24.3 Å². The van der Waals surface area contributed by atoms with Crippen LogP contribution >= 0.6 is 0 Å². The van der Waals surface area contributed by atoms with Crippen LogP contribution in [0.5, 0.6) is 0 Å². The van der Waals surface area contributed by atoms with Crippen molar-refractivity contribution >= 4 is 55.0 Å². The molecule has 2 aromatic heterocycles. The number of carbonyl (C=O) groups is 2. The second kappa shape index (κ2) is 9.73. The highest BCUT2D eigenvalue weighted by molar-refractivity contribution is 7.91. The smallest absolute Gasteiger partial charge is 0.276 e. The number of anilines is 1. The molecular formula is C29H21N5O4S. The Hall–Kier alpha value is -4.96. The van der Waals surface area contributed by atoms with Crippen LogP contribution in [0.25, 0.3) is 21.8 Å². The molecule has 0 radical (unpaired) electrons. The molecule has 2 N–H and O–H groups in total. The van der Waals surface area contributed by atoms with Gasteiger partial charge in [-0.15, -0.1) is 0 Å². The molecule has 0 fully saturated rings. The molecule has 0 spiro atoms. The number of aromatic amines is 1. The van der Waals surface area contributed by atoms with Crippen molar-refractivity contribution in [3.63, 3.8) is 0 Å². The summed E-state index contributed by atoms with van der Waals surface area (Å²) in [6, 6.07) is 19.9. The van der Waals surface area contributed by atoms with Gasteiger partial charge in [0.2, 0.25) is 15.8 Å². The number of ketones is 1. The van der Waals surface area contributed by atoms with E-state index in [2.05, 4.69) is 25.3 Å². The molecule has 192 valence electrons. The van der Waals surface area contributed by atoms with Gasteiger partial charge in [0.15, 0.2) is 5.78 Å². The summed E-state index contributed by atoms with van der Waals surface area (Å²) in [6.07, 6.45) is 5.67. The lowest BCUT2D eigenvalue weighted by Gasteiger charge is -2.08. The van der Waals surface area contributed by atoms with Crippen molar-refractivity contribution in [3.05, 3.63) is 103 Å². The predicted molar refractivity (Wildman–Crippen MR) is 148 cm³/mol. The quantitative estimate of drug-likeness (QED) is 0.278. The molecule has 1 aliphatic rings. The molecule has 1 aliphatic heterocycles. The summed E-state index contributed by atoms with van der Waals surface area (Å²) in [4.78, 5) is 42.2. The summed E-state index contributed by atoms with van der Waals surface area (Å²) < 4.78 is 26.8. The third kappa shape index (κ3) is 4.73. The molecule has 9 nitrogen and oxygen atoms in total. The van der Waals surface area contributed by atoms with Crippen molar-refractivity contribution in [2.24, 2.45) is 4.99 Å². The minimum Gasteiger partial charge on any atom is -0.324 e. The van der Waals surface area contributed by atoms with Crippen molar-refractivity contribution in [2.45, 2.75) is 22.6 Å². The van der Waals surface area contributed by atoms with Crippen LogP contribution in [0.2, 0.25) is 0 Å². The largest absolute Gasteiger partial charge is 0.324 e. The normalized spacial score (nSPS) is 13.1. The molecule has 3 aromatic carbocycles. The fraction of sp³-hybridized carbons (Fsp3) is 0.0690. The summed E-state index contributed by atoms with van der Waals surface area (Å²) in [5.41, 5.74) is 1.53. The number of H-pyrrole nitrogens is 1. The molecule has 0 aliphatic carbocycles. The van der Waals surface area contributed by atoms with Gasteiger partial charge in [-0.2, -0.15) is 0 Å². The maximum absolute atomic E-state index is 13.4. The van der Waals surface area contributed by atoms with Gasteiger partial charge >= 0.3 is 0 Å². The van der Waals surface area contributed by atoms with E-state index in [0.717, 1.165) is 10.8 Å². The Bertz CT molecular complexity index is 1940. The molecule has 0 saturated carbocycles. The lowest BCUT2D eigenvalue weighted by atomic mass is 10.0. The number of carbonyl (C=O) groups excluding carboxylic acids is 2. The highest BCUT2D eigenvalue weighted by Crippen LogP contribution is 2.29. The van der Waals surface area contributed by atoms with E-state index >= 15 is 0 Å². The Morgan fingerprint density at radius 2 is 1.69 bits per heavy atom. The molecule has 5 aromatic rings. The fourth-order valence-corrected chi connectivity index (χ4v) is 5.76. The van der Waals surface area contributed by atoms with Gasteiger partial charge in [-0.1, -0.05) is 48.5 Å². The number of hydrogen-bond acceptors (Lipinski definition) is 7. The Balaban J connectivity index is 1.40. The first kappa shape index (κ1) is 24.4. The summed E-state index contributed by atoms with van der Waals surface area (Å²) in [5, 5.41) is 4.43. The molecule has 0 atom stereocenters. The van der Waals surface area contributed by atoms with Crippen LogP contribution in [0.4, 0.5) is 5.95 Å². The Morgan fingerprint density at radius 1 is 0.923 bits per heavy atom. The Kier molecular flexibility index (Phi) is 6.08. The maximum Gasteiger partial charge on any atom is 0.276 e. The van der Waals surface area contributed by atoms with Crippen molar-refractivity contribution in [1.82, 2.24) is 15.0 Å². The van der Waals surface area contributed by atoms with E-state index in [9.17, 15) is 18.0 Å². The van der Waals surface area contributed by atoms with Crippen LogP contribution < -0.4 is 5.32 Å². The number of benzene rings is 3. The highest BCUT2D eigenvalue weighted by atomic mass is 32.2. The van der Waals surface area contributed by atoms with Gasteiger partial charge in [0.25, 0.3) is 5.91 Å². The molecule has 10 heteroatoms. The number of fused-ring (bicyclic) bond motifs is 2. The van der Waals surface area contributed by atoms with Gasteiger partial charge in [-0.25, -0.2) is 13.4 Å². The number of sulfone groups is 1. The molecule has 1 amide bonds. The summed E-state index contributed by atoms with van der Waals surface area (Å²) in [7, 11) is -3.93. The monoisotopic (exact) mass is 535 g/mol. The third-order valence-corrected chi connectivity index (χ3v) is 8.15. The number of nitrogens with zero attached hydrogens (tertiary/aromatic N) is 3. The van der Waals surface area contributed by atoms with Crippen molar-refractivity contribution in [1.29, 1.82) is 0 Å². The van der Waals surface area contributed by atoms with Gasteiger partial charge in [0, 0.05) is 41.9 Å². The Labute approximate surface area is 223 Å². The highest BCUT2D eigenvalue weighted by Gasteiger charge is 2.24. The lowest BCUT2D eigenvalue weighted by molar-refractivity contribution is 0.0998. The summed E-state index contributed by atoms with van der Waals surface area (Å²) in [6.45, 7) is 0. The second-order valence-electron chi connectivity index (χ2n) is 9.02. The standard InChI is InChI=1S/C29H21N5O4S/c35-26(14-20-9-6-12-30-20)23-15-22(39(37,38)21-10-2-1-3-11-21)16-24-27(23)33-29(32-24)34-28(36)25-13-18-7-4-5-8-19(18)17-31-25/h1-8,10-13,15-17H,9,14H2,(H2,32,33,34,36). The predicted octanol–water partition coefficient (Wildman–Crippen LogP) is 5.13. The number of imidazole rings is 1. The van der Waals surface area contributed by atoms with E-state index in [-0.39, 0.29) is 44.7 Å². The van der Waals surface area contributed by atoms with E-state index in [4.69, 9.17) is 0 Å². The van der Waals surface area contributed by atoms with Crippen LogP contribution in [0.3, 0.4) is 0 Å². The van der Waals surface area contributed by atoms with Crippen LogP contribution in [-0.4, -0.2) is 40.8 Å². The molecule has 3 heterocycles. The van der Waals surface area contributed by atoms with Crippen LogP contribution in [-0.2, 0) is 9.84 Å². The SMILES string of the molecule is O=C(Nc1nc2c(C(=O)CC3=NC=CC3)cc(S(=O)(=O)c3ccccc3)cc2[nH]1)c1cc2ccccc2cn1. The van der Waals surface area contributed by atoms with Crippen LogP contribution in [0, 0.1) is 0 Å².